The summed E-state index contributed by atoms with van der Waals surface area (Å²) in [5.41, 5.74) is 2.76. The second kappa shape index (κ2) is 4.47. The van der Waals surface area contributed by atoms with Gasteiger partial charge in [-0.15, -0.1) is 0 Å². The summed E-state index contributed by atoms with van der Waals surface area (Å²) in [4.78, 5) is 0. The van der Waals surface area contributed by atoms with Crippen LogP contribution in [0.15, 0.2) is 48.5 Å². The number of halogens is 1. The SMILES string of the molecule is [O]Cc1ccc(-c2ccccc2)c(Cl)c1. The van der Waals surface area contributed by atoms with E-state index in [4.69, 9.17) is 11.6 Å². The van der Waals surface area contributed by atoms with Crippen LogP contribution in [0.5, 0.6) is 0 Å². The summed E-state index contributed by atoms with van der Waals surface area (Å²) in [6.07, 6.45) is 0. The van der Waals surface area contributed by atoms with Crippen LogP contribution in [0.3, 0.4) is 0 Å². The molecule has 0 bridgehead atoms. The minimum Gasteiger partial charge on any atom is -0.232 e. The highest BCUT2D eigenvalue weighted by Gasteiger charge is 2.03. The third kappa shape index (κ3) is 2.20. The molecule has 1 nitrogen and oxygen atoms in total. The van der Waals surface area contributed by atoms with Crippen molar-refractivity contribution in [2.45, 2.75) is 6.61 Å². The van der Waals surface area contributed by atoms with Gasteiger partial charge in [-0.05, 0) is 17.2 Å². The second-order valence-corrected chi connectivity index (χ2v) is 3.73. The van der Waals surface area contributed by atoms with Gasteiger partial charge in [0.25, 0.3) is 0 Å². The van der Waals surface area contributed by atoms with E-state index in [1.807, 2.05) is 42.5 Å². The summed E-state index contributed by atoms with van der Waals surface area (Å²) in [7, 11) is 0. The minimum atomic E-state index is -0.227. The lowest BCUT2D eigenvalue weighted by atomic mass is 10.0. The molecular weight excluding hydrogens is 208 g/mol. The Hall–Kier alpha value is -1.31. The lowest BCUT2D eigenvalue weighted by Crippen LogP contribution is -1.84. The summed E-state index contributed by atoms with van der Waals surface area (Å²) < 4.78 is 0. The Balaban J connectivity index is 2.46. The van der Waals surface area contributed by atoms with Gasteiger partial charge in [-0.2, -0.15) is 0 Å². The van der Waals surface area contributed by atoms with Crippen molar-refractivity contribution >= 4 is 11.6 Å². The van der Waals surface area contributed by atoms with Crippen LogP contribution in [0.4, 0.5) is 0 Å². The average molecular weight is 218 g/mol. The molecule has 0 spiro atoms. The van der Waals surface area contributed by atoms with Crippen molar-refractivity contribution in [1.29, 1.82) is 0 Å². The third-order valence-corrected chi connectivity index (χ3v) is 2.60. The molecule has 0 unspecified atom stereocenters. The molecule has 0 heterocycles. The first kappa shape index (κ1) is 10.2. The fraction of sp³-hybridized carbons (Fsp3) is 0.0769. The maximum absolute atomic E-state index is 10.7. The van der Waals surface area contributed by atoms with Gasteiger partial charge < -0.3 is 0 Å². The van der Waals surface area contributed by atoms with Crippen LogP contribution in [-0.4, -0.2) is 0 Å². The van der Waals surface area contributed by atoms with E-state index in [0.717, 1.165) is 16.7 Å². The van der Waals surface area contributed by atoms with Gasteiger partial charge in [0.2, 0.25) is 0 Å². The summed E-state index contributed by atoms with van der Waals surface area (Å²) >= 11 is 6.10. The van der Waals surface area contributed by atoms with Crippen LogP contribution in [0.1, 0.15) is 5.56 Å². The van der Waals surface area contributed by atoms with E-state index in [0.29, 0.717) is 5.02 Å². The summed E-state index contributed by atoms with van der Waals surface area (Å²) in [6.45, 7) is -0.227. The molecule has 0 aliphatic carbocycles. The number of benzene rings is 2. The Morgan fingerprint density at radius 1 is 1.00 bits per heavy atom. The topological polar surface area (TPSA) is 19.9 Å². The maximum Gasteiger partial charge on any atom is 0.107 e. The van der Waals surface area contributed by atoms with Crippen molar-refractivity contribution in [2.75, 3.05) is 0 Å². The number of rotatable bonds is 2. The van der Waals surface area contributed by atoms with Gasteiger partial charge in [0.15, 0.2) is 0 Å². The van der Waals surface area contributed by atoms with Crippen molar-refractivity contribution in [3.05, 3.63) is 59.1 Å². The summed E-state index contributed by atoms with van der Waals surface area (Å²) in [5.74, 6) is 0. The number of hydrogen-bond donors (Lipinski definition) is 0. The van der Waals surface area contributed by atoms with E-state index < -0.39 is 0 Å². The van der Waals surface area contributed by atoms with Crippen LogP contribution in [-0.2, 0) is 11.7 Å². The van der Waals surface area contributed by atoms with E-state index in [2.05, 4.69) is 0 Å². The van der Waals surface area contributed by atoms with Crippen molar-refractivity contribution in [3.8, 4) is 11.1 Å². The molecule has 0 N–H and O–H groups in total. The van der Waals surface area contributed by atoms with E-state index in [1.165, 1.54) is 0 Å². The van der Waals surface area contributed by atoms with Crippen molar-refractivity contribution in [2.24, 2.45) is 0 Å². The van der Waals surface area contributed by atoms with Gasteiger partial charge in [-0.25, -0.2) is 5.11 Å². The zero-order valence-corrected chi connectivity index (χ0v) is 8.87. The van der Waals surface area contributed by atoms with Crippen LogP contribution >= 0.6 is 11.6 Å². The van der Waals surface area contributed by atoms with Gasteiger partial charge in [0.1, 0.15) is 6.61 Å². The van der Waals surface area contributed by atoms with E-state index in [9.17, 15) is 5.11 Å². The van der Waals surface area contributed by atoms with Gasteiger partial charge in [-0.1, -0.05) is 54.1 Å². The zero-order chi connectivity index (χ0) is 10.7. The van der Waals surface area contributed by atoms with E-state index in [-0.39, 0.29) is 6.61 Å². The molecule has 2 aromatic rings. The molecule has 2 heteroatoms. The molecule has 0 aliphatic heterocycles. The normalized spacial score (nSPS) is 10.3. The smallest absolute Gasteiger partial charge is 0.107 e. The molecule has 0 atom stereocenters. The first-order valence-electron chi connectivity index (χ1n) is 4.73. The maximum atomic E-state index is 10.7. The van der Waals surface area contributed by atoms with Gasteiger partial charge in [-0.3, -0.25) is 0 Å². The van der Waals surface area contributed by atoms with E-state index >= 15 is 0 Å². The minimum absolute atomic E-state index is 0.227. The molecule has 0 fully saturated rings. The molecule has 75 valence electrons. The Labute approximate surface area is 94.0 Å². The van der Waals surface area contributed by atoms with Gasteiger partial charge >= 0.3 is 0 Å². The number of hydrogen-bond acceptors (Lipinski definition) is 0. The predicted molar refractivity (Wildman–Crippen MR) is 61.3 cm³/mol. The van der Waals surface area contributed by atoms with Crippen LogP contribution in [0, 0.1) is 0 Å². The van der Waals surface area contributed by atoms with Crippen LogP contribution in [0.25, 0.3) is 11.1 Å². The predicted octanol–water partition coefficient (Wildman–Crippen LogP) is 3.94. The Bertz CT molecular complexity index is 451. The molecule has 15 heavy (non-hydrogen) atoms. The van der Waals surface area contributed by atoms with Gasteiger partial charge in [0, 0.05) is 10.6 Å². The van der Waals surface area contributed by atoms with Crippen LogP contribution in [0.2, 0.25) is 5.02 Å². The Morgan fingerprint density at radius 2 is 1.73 bits per heavy atom. The first-order chi connectivity index (χ1) is 7.31. The van der Waals surface area contributed by atoms with Gasteiger partial charge in [0.05, 0.1) is 0 Å². The molecular formula is C13H10ClO. The second-order valence-electron chi connectivity index (χ2n) is 3.32. The zero-order valence-electron chi connectivity index (χ0n) is 8.11. The quantitative estimate of drug-likeness (QED) is 0.726. The lowest BCUT2D eigenvalue weighted by Gasteiger charge is -2.05. The highest BCUT2D eigenvalue weighted by Crippen LogP contribution is 2.28. The lowest BCUT2D eigenvalue weighted by molar-refractivity contribution is 0.177. The van der Waals surface area contributed by atoms with E-state index in [1.54, 1.807) is 6.07 Å². The molecule has 0 saturated heterocycles. The molecule has 2 rings (SSSR count). The average Bonchev–Trinajstić information content (AvgIpc) is 2.30. The summed E-state index contributed by atoms with van der Waals surface area (Å²) in [6, 6.07) is 15.3. The standard InChI is InChI=1S/C13H10ClO/c14-13-8-10(9-15)6-7-12(13)11-4-2-1-3-5-11/h1-8H,9H2. The molecule has 2 aromatic carbocycles. The van der Waals surface area contributed by atoms with Crippen LogP contribution < -0.4 is 0 Å². The third-order valence-electron chi connectivity index (χ3n) is 2.28. The van der Waals surface area contributed by atoms with Crippen molar-refractivity contribution < 1.29 is 5.11 Å². The fourth-order valence-electron chi connectivity index (χ4n) is 1.50. The highest BCUT2D eigenvalue weighted by atomic mass is 35.5. The van der Waals surface area contributed by atoms with Crippen molar-refractivity contribution in [3.63, 3.8) is 0 Å². The Kier molecular flexibility index (Phi) is 3.05. The Morgan fingerprint density at radius 3 is 2.33 bits per heavy atom. The largest absolute Gasteiger partial charge is 0.232 e. The molecule has 0 amide bonds. The molecule has 0 aliphatic rings. The highest BCUT2D eigenvalue weighted by molar-refractivity contribution is 6.33. The molecule has 0 saturated carbocycles. The first-order valence-corrected chi connectivity index (χ1v) is 5.11. The fourth-order valence-corrected chi connectivity index (χ4v) is 1.81. The molecule has 0 aromatic heterocycles. The summed E-state index contributed by atoms with van der Waals surface area (Å²) in [5, 5.41) is 11.3. The monoisotopic (exact) mass is 217 g/mol. The van der Waals surface area contributed by atoms with Crippen molar-refractivity contribution in [1.82, 2.24) is 0 Å². The molecule has 1 radical (unpaired) electrons.